The van der Waals surface area contributed by atoms with Crippen molar-refractivity contribution in [3.05, 3.63) is 29.3 Å². The molecule has 2 saturated carbocycles. The van der Waals surface area contributed by atoms with Crippen molar-refractivity contribution in [1.82, 2.24) is 4.90 Å². The van der Waals surface area contributed by atoms with E-state index in [4.69, 9.17) is 0 Å². The quantitative estimate of drug-likeness (QED) is 0.608. The van der Waals surface area contributed by atoms with Crippen LogP contribution in [0.1, 0.15) is 55.6 Å². The minimum absolute atomic E-state index is 0.117. The Kier molecular flexibility index (Phi) is 4.54. The predicted octanol–water partition coefficient (Wildman–Crippen LogP) is 5.92. The normalized spacial score (nSPS) is 27.8. The van der Waals surface area contributed by atoms with Crippen LogP contribution >= 0.6 is 0 Å². The van der Waals surface area contributed by atoms with E-state index in [1.165, 1.54) is 17.0 Å². The van der Waals surface area contributed by atoms with Crippen LogP contribution in [-0.2, 0) is 6.18 Å². The number of hydrogen-bond donors (Lipinski definition) is 1. The maximum absolute atomic E-state index is 13.3. The smallest absolute Gasteiger partial charge is 0.318 e. The third kappa shape index (κ3) is 3.43. The van der Waals surface area contributed by atoms with Crippen LogP contribution in [0.25, 0.3) is 0 Å². The number of alkyl halides is 6. The van der Waals surface area contributed by atoms with Gasteiger partial charge in [0.15, 0.2) is 0 Å². The van der Waals surface area contributed by atoms with Gasteiger partial charge in [0.2, 0.25) is 0 Å². The monoisotopic (exact) mass is 406 g/mol. The molecule has 28 heavy (non-hydrogen) atoms. The van der Waals surface area contributed by atoms with Gasteiger partial charge in [0, 0.05) is 17.8 Å². The van der Waals surface area contributed by atoms with E-state index >= 15 is 0 Å². The number of nitrogens with zero attached hydrogens (tertiary/aromatic N) is 1. The molecule has 1 aromatic rings. The van der Waals surface area contributed by atoms with E-state index in [1.807, 2.05) is 0 Å². The lowest BCUT2D eigenvalue weighted by Gasteiger charge is -2.55. The molecule has 0 spiro atoms. The number of fused-ring (bicyclic) bond motifs is 2. The third-order valence-electron chi connectivity index (χ3n) is 6.29. The summed E-state index contributed by atoms with van der Waals surface area (Å²) in [6.45, 7) is 0. The minimum Gasteiger partial charge on any atom is -0.318 e. The molecule has 0 aromatic heterocycles. The molecule has 3 nitrogen and oxygen atoms in total. The summed E-state index contributed by atoms with van der Waals surface area (Å²) < 4.78 is 78.4. The largest absolute Gasteiger partial charge is 0.416 e. The molecule has 3 aliphatic rings. The number of urea groups is 1. The Morgan fingerprint density at radius 3 is 2.14 bits per heavy atom. The fourth-order valence-corrected chi connectivity index (χ4v) is 4.62. The maximum Gasteiger partial charge on any atom is 0.416 e. The molecule has 1 N–H and O–H groups in total. The summed E-state index contributed by atoms with van der Waals surface area (Å²) in [5.41, 5.74) is -0.265. The van der Waals surface area contributed by atoms with Crippen LogP contribution in [0.2, 0.25) is 0 Å². The van der Waals surface area contributed by atoms with Gasteiger partial charge in [-0.25, -0.2) is 4.79 Å². The number of halogens is 6. The van der Waals surface area contributed by atoms with Crippen molar-refractivity contribution < 1.29 is 31.1 Å². The highest BCUT2D eigenvalue weighted by atomic mass is 19.4. The van der Waals surface area contributed by atoms with Gasteiger partial charge in [0.1, 0.15) is 0 Å². The van der Waals surface area contributed by atoms with E-state index in [2.05, 4.69) is 5.32 Å². The lowest BCUT2D eigenvalue weighted by molar-refractivity contribution is -0.205. The Balaban J connectivity index is 1.47. The van der Waals surface area contributed by atoms with Gasteiger partial charge in [-0.2, -0.15) is 26.3 Å². The summed E-state index contributed by atoms with van der Waals surface area (Å²) in [5.74, 6) is -1.57. The lowest BCUT2D eigenvalue weighted by atomic mass is 9.73. The summed E-state index contributed by atoms with van der Waals surface area (Å²) in [6.07, 6.45) is -6.19. The molecule has 2 bridgehead atoms. The molecule has 2 amide bonds. The van der Waals surface area contributed by atoms with Crippen molar-refractivity contribution in [2.45, 2.75) is 68.9 Å². The molecule has 1 heterocycles. The Bertz CT molecular complexity index is 759. The molecule has 9 heteroatoms. The predicted molar refractivity (Wildman–Crippen MR) is 89.9 cm³/mol. The first-order valence-corrected chi connectivity index (χ1v) is 9.41. The molecule has 4 rings (SSSR count). The molecule has 0 radical (unpaired) electrons. The first-order chi connectivity index (χ1) is 13.0. The lowest BCUT2D eigenvalue weighted by Crippen LogP contribution is -2.65. The Morgan fingerprint density at radius 1 is 1.00 bits per heavy atom. The van der Waals surface area contributed by atoms with E-state index in [0.717, 1.165) is 12.5 Å². The topological polar surface area (TPSA) is 32.3 Å². The van der Waals surface area contributed by atoms with Crippen molar-refractivity contribution in [2.75, 3.05) is 5.32 Å². The van der Waals surface area contributed by atoms with E-state index in [9.17, 15) is 31.1 Å². The van der Waals surface area contributed by atoms with E-state index in [0.29, 0.717) is 19.3 Å². The van der Waals surface area contributed by atoms with Crippen molar-refractivity contribution in [3.8, 4) is 0 Å². The van der Waals surface area contributed by atoms with Crippen molar-refractivity contribution in [2.24, 2.45) is 5.92 Å². The molecule has 1 saturated heterocycles. The number of likely N-dealkylation sites (tertiary alicyclic amines) is 1. The summed E-state index contributed by atoms with van der Waals surface area (Å²) in [6, 6.07) is 2.06. The number of piperidine rings is 1. The Morgan fingerprint density at radius 2 is 1.64 bits per heavy atom. The molecule has 2 unspecified atom stereocenters. The fourth-order valence-electron chi connectivity index (χ4n) is 4.62. The highest BCUT2D eigenvalue weighted by Gasteiger charge is 2.54. The highest BCUT2D eigenvalue weighted by Crippen LogP contribution is 2.48. The van der Waals surface area contributed by atoms with Gasteiger partial charge in [-0.3, -0.25) is 0 Å². The van der Waals surface area contributed by atoms with Crippen LogP contribution in [-0.4, -0.2) is 29.2 Å². The molecule has 154 valence electrons. The standard InChI is InChI=1S/C19H20F6N2O/c20-18(21,22)11-6-13-9-14(7-11)27(13)17(28)26-12-4-5-16(19(23,24)25)15(8-12)10-2-1-3-10/h4-5,8,10-11,13-14H,1-3,6-7,9H2,(H,26,28). The minimum atomic E-state index is -4.46. The molecular weight excluding hydrogens is 386 g/mol. The number of rotatable bonds is 2. The number of amides is 2. The summed E-state index contributed by atoms with van der Waals surface area (Å²) in [5, 5.41) is 2.59. The van der Waals surface area contributed by atoms with Crippen molar-refractivity contribution in [1.29, 1.82) is 0 Å². The van der Waals surface area contributed by atoms with E-state index in [-0.39, 0.29) is 30.0 Å². The summed E-state index contributed by atoms with van der Waals surface area (Å²) >= 11 is 0. The van der Waals surface area contributed by atoms with Gasteiger partial charge in [0.05, 0.1) is 11.5 Å². The zero-order valence-electron chi connectivity index (χ0n) is 14.9. The molecule has 1 aliphatic heterocycles. The second-order valence-corrected chi connectivity index (χ2v) is 8.02. The number of benzene rings is 1. The average molecular weight is 406 g/mol. The molecule has 2 atom stereocenters. The first kappa shape index (κ1) is 19.4. The van der Waals surface area contributed by atoms with E-state index < -0.39 is 41.9 Å². The second kappa shape index (κ2) is 6.56. The molecular formula is C19H20F6N2O. The van der Waals surface area contributed by atoms with Crippen LogP contribution in [0.15, 0.2) is 18.2 Å². The van der Waals surface area contributed by atoms with Gasteiger partial charge >= 0.3 is 18.4 Å². The van der Waals surface area contributed by atoms with Crippen molar-refractivity contribution >= 4 is 11.7 Å². The summed E-state index contributed by atoms with van der Waals surface area (Å²) in [4.78, 5) is 13.9. The first-order valence-electron chi connectivity index (χ1n) is 9.41. The SMILES string of the molecule is O=C(Nc1ccc(C(F)(F)F)c(C2CCC2)c1)N1C2CC1CC(C(F)(F)F)C2. The van der Waals surface area contributed by atoms with Crippen LogP contribution in [0, 0.1) is 5.92 Å². The number of nitrogens with one attached hydrogen (secondary N) is 1. The van der Waals surface area contributed by atoms with Gasteiger partial charge in [-0.15, -0.1) is 0 Å². The van der Waals surface area contributed by atoms with Crippen LogP contribution in [0.4, 0.5) is 36.8 Å². The van der Waals surface area contributed by atoms with Crippen LogP contribution < -0.4 is 5.32 Å². The van der Waals surface area contributed by atoms with Gasteiger partial charge in [0.25, 0.3) is 0 Å². The Labute approximate surface area is 158 Å². The van der Waals surface area contributed by atoms with Gasteiger partial charge in [-0.1, -0.05) is 6.42 Å². The number of hydrogen-bond acceptors (Lipinski definition) is 1. The van der Waals surface area contributed by atoms with Crippen LogP contribution in [0.3, 0.4) is 0 Å². The highest BCUT2D eigenvalue weighted by molar-refractivity contribution is 5.90. The maximum atomic E-state index is 13.3. The Hall–Kier alpha value is -1.93. The van der Waals surface area contributed by atoms with Crippen LogP contribution in [0.5, 0.6) is 0 Å². The fraction of sp³-hybridized carbons (Fsp3) is 0.632. The van der Waals surface area contributed by atoms with Gasteiger partial charge < -0.3 is 10.2 Å². The van der Waals surface area contributed by atoms with E-state index in [1.54, 1.807) is 0 Å². The zero-order chi connectivity index (χ0) is 20.3. The average Bonchev–Trinajstić information content (AvgIpc) is 2.51. The zero-order valence-corrected chi connectivity index (χ0v) is 14.9. The van der Waals surface area contributed by atoms with Crippen molar-refractivity contribution in [3.63, 3.8) is 0 Å². The second-order valence-electron chi connectivity index (χ2n) is 8.02. The summed E-state index contributed by atoms with van der Waals surface area (Å²) in [7, 11) is 0. The third-order valence-corrected chi connectivity index (χ3v) is 6.29. The molecule has 1 aromatic carbocycles. The molecule has 2 aliphatic carbocycles. The molecule has 3 fully saturated rings. The number of anilines is 1. The number of carbonyl (C=O) groups is 1. The number of carbonyl (C=O) groups excluding carboxylic acids is 1. The van der Waals surface area contributed by atoms with Gasteiger partial charge in [-0.05, 0) is 61.8 Å².